The molecule has 37 valence electrons. The maximum atomic E-state index is 10.2. The third-order valence-electron chi connectivity index (χ3n) is 0.832. The zero-order valence-electron chi connectivity index (χ0n) is 3.92. The Balaban J connectivity index is 2.47. The van der Waals surface area contributed by atoms with Gasteiger partial charge in [-0.3, -0.25) is 4.79 Å². The summed E-state index contributed by atoms with van der Waals surface area (Å²) in [5, 5.41) is 3.60. The summed E-state index contributed by atoms with van der Waals surface area (Å²) in [7, 11) is 0. The van der Waals surface area contributed by atoms with Crippen LogP contribution in [0.25, 0.3) is 0 Å². The highest BCUT2D eigenvalue weighted by atomic mass is 16.1. The van der Waals surface area contributed by atoms with Crippen LogP contribution in [0.15, 0.2) is 12.2 Å². The zero-order chi connectivity index (χ0) is 5.11. The van der Waals surface area contributed by atoms with E-state index in [0.717, 1.165) is 0 Å². The summed E-state index contributed by atoms with van der Waals surface area (Å²) >= 11 is 0. The van der Waals surface area contributed by atoms with Gasteiger partial charge in [0.1, 0.15) is 0 Å². The van der Waals surface area contributed by atoms with E-state index in [-0.39, 0.29) is 5.91 Å². The predicted octanol–water partition coefficient (Wildman–Crippen LogP) is 0.0773. The zero-order valence-corrected chi connectivity index (χ0v) is 3.92. The van der Waals surface area contributed by atoms with Gasteiger partial charge in [0.05, 0.1) is 6.54 Å². The van der Waals surface area contributed by atoms with Crippen molar-refractivity contribution in [2.45, 2.75) is 6.42 Å². The molecule has 7 heavy (non-hydrogen) atoms. The van der Waals surface area contributed by atoms with Crippen molar-refractivity contribution in [3.8, 4) is 0 Å². The fourth-order valence-corrected chi connectivity index (χ4v) is 0.478. The fraction of sp³-hybridized carbons (Fsp3) is 0.400. The number of rotatable bonds is 0. The van der Waals surface area contributed by atoms with Crippen LogP contribution in [0.4, 0.5) is 0 Å². The number of nitrogens with zero attached hydrogens (tertiary/aromatic N) is 1. The van der Waals surface area contributed by atoms with Gasteiger partial charge >= 0.3 is 0 Å². The molecule has 0 N–H and O–H groups in total. The van der Waals surface area contributed by atoms with Crippen molar-refractivity contribution in [2.24, 2.45) is 0 Å². The van der Waals surface area contributed by atoms with Gasteiger partial charge in [-0.2, -0.15) is 0 Å². The van der Waals surface area contributed by atoms with Crippen LogP contribution in [0.5, 0.6) is 0 Å². The molecule has 1 radical (unpaired) electrons. The van der Waals surface area contributed by atoms with Crippen LogP contribution in [0.1, 0.15) is 6.42 Å². The van der Waals surface area contributed by atoms with E-state index in [1.54, 1.807) is 0 Å². The van der Waals surface area contributed by atoms with Crippen molar-refractivity contribution in [2.75, 3.05) is 6.54 Å². The number of carbonyl (C=O) groups is 1. The number of hydrogen-bond acceptors (Lipinski definition) is 1. The minimum Gasteiger partial charge on any atom is -0.273 e. The lowest BCUT2D eigenvalue weighted by molar-refractivity contribution is -0.120. The van der Waals surface area contributed by atoms with Crippen LogP contribution in [0, 0.1) is 0 Å². The Morgan fingerprint density at radius 2 is 2.43 bits per heavy atom. The first-order valence-corrected chi connectivity index (χ1v) is 2.25. The summed E-state index contributed by atoms with van der Waals surface area (Å²) in [6.45, 7) is 0.582. The number of carbonyl (C=O) groups excluding carboxylic acids is 1. The van der Waals surface area contributed by atoms with E-state index in [1.165, 1.54) is 0 Å². The largest absolute Gasteiger partial charge is 0.273 e. The Morgan fingerprint density at radius 3 is 2.71 bits per heavy atom. The molecule has 0 bridgehead atoms. The second kappa shape index (κ2) is 1.78. The molecule has 1 aliphatic rings. The van der Waals surface area contributed by atoms with Crippen LogP contribution < -0.4 is 5.32 Å². The highest BCUT2D eigenvalue weighted by Crippen LogP contribution is 1.89. The van der Waals surface area contributed by atoms with Crippen LogP contribution in [-0.2, 0) is 4.79 Å². The second-order valence-corrected chi connectivity index (χ2v) is 1.41. The Morgan fingerprint density at radius 1 is 1.57 bits per heavy atom. The fourth-order valence-electron chi connectivity index (χ4n) is 0.478. The van der Waals surface area contributed by atoms with E-state index < -0.39 is 0 Å². The summed E-state index contributed by atoms with van der Waals surface area (Å²) in [5.74, 6) is 0.00231. The van der Waals surface area contributed by atoms with Crippen molar-refractivity contribution >= 4 is 5.91 Å². The molecule has 0 saturated carbocycles. The van der Waals surface area contributed by atoms with Gasteiger partial charge in [-0.1, -0.05) is 12.2 Å². The highest BCUT2D eigenvalue weighted by molar-refractivity contribution is 5.78. The second-order valence-electron chi connectivity index (χ2n) is 1.41. The minimum absolute atomic E-state index is 0.00231. The predicted molar refractivity (Wildman–Crippen MR) is 25.8 cm³/mol. The summed E-state index contributed by atoms with van der Waals surface area (Å²) < 4.78 is 0. The molecule has 0 aliphatic carbocycles. The van der Waals surface area contributed by atoms with E-state index in [9.17, 15) is 4.79 Å². The number of amides is 1. The standard InChI is InChI=1S/C5H6NO/c7-5-3-1-2-4-6-5/h1-2H,3-4H2. The van der Waals surface area contributed by atoms with Gasteiger partial charge < -0.3 is 0 Å². The molecular formula is C5H6NO. The van der Waals surface area contributed by atoms with Gasteiger partial charge in [-0.15, -0.1) is 0 Å². The average Bonchev–Trinajstić information content (AvgIpc) is 1.69. The SMILES string of the molecule is O=C1CC=CC[N]1. The lowest BCUT2D eigenvalue weighted by Crippen LogP contribution is -2.17. The van der Waals surface area contributed by atoms with Gasteiger partial charge in [0, 0.05) is 6.42 Å². The molecule has 1 aliphatic heterocycles. The molecule has 0 fully saturated rings. The highest BCUT2D eigenvalue weighted by Gasteiger charge is 2.00. The molecule has 0 aromatic heterocycles. The molecule has 1 heterocycles. The third-order valence-corrected chi connectivity index (χ3v) is 0.832. The quantitative estimate of drug-likeness (QED) is 0.393. The van der Waals surface area contributed by atoms with Crippen LogP contribution in [0.3, 0.4) is 0 Å². The Labute approximate surface area is 42.2 Å². The van der Waals surface area contributed by atoms with Gasteiger partial charge in [-0.25, -0.2) is 5.32 Å². The van der Waals surface area contributed by atoms with E-state index in [4.69, 9.17) is 0 Å². The van der Waals surface area contributed by atoms with Crippen molar-refractivity contribution in [1.82, 2.24) is 5.32 Å². The smallest absolute Gasteiger partial charge is 0.245 e. The van der Waals surface area contributed by atoms with E-state index in [0.29, 0.717) is 13.0 Å². The molecular weight excluding hydrogens is 90.1 g/mol. The van der Waals surface area contributed by atoms with E-state index in [2.05, 4.69) is 5.32 Å². The van der Waals surface area contributed by atoms with Crippen molar-refractivity contribution in [3.05, 3.63) is 12.2 Å². The van der Waals surface area contributed by atoms with Gasteiger partial charge in [0.15, 0.2) is 0 Å². The molecule has 0 unspecified atom stereocenters. The van der Waals surface area contributed by atoms with Crippen LogP contribution in [0.2, 0.25) is 0 Å². The lowest BCUT2D eigenvalue weighted by Gasteiger charge is -1.98. The first-order valence-electron chi connectivity index (χ1n) is 2.25. The molecule has 1 amide bonds. The normalized spacial score (nSPS) is 19.1. The van der Waals surface area contributed by atoms with Crippen molar-refractivity contribution in [3.63, 3.8) is 0 Å². The molecule has 0 spiro atoms. The lowest BCUT2D eigenvalue weighted by atomic mass is 10.3. The van der Waals surface area contributed by atoms with Gasteiger partial charge in [0.2, 0.25) is 5.91 Å². The minimum atomic E-state index is 0.00231. The molecule has 0 aromatic rings. The summed E-state index contributed by atoms with van der Waals surface area (Å²) in [6.07, 6.45) is 4.23. The van der Waals surface area contributed by atoms with Gasteiger partial charge in [-0.05, 0) is 0 Å². The molecule has 0 aromatic carbocycles. The van der Waals surface area contributed by atoms with E-state index in [1.807, 2.05) is 12.2 Å². The molecule has 2 heteroatoms. The monoisotopic (exact) mass is 96.0 g/mol. The first-order chi connectivity index (χ1) is 3.39. The maximum Gasteiger partial charge on any atom is 0.245 e. The third kappa shape index (κ3) is 1.03. The topological polar surface area (TPSA) is 31.2 Å². The Bertz CT molecular complexity index is 107. The first kappa shape index (κ1) is 4.37. The summed E-state index contributed by atoms with van der Waals surface area (Å²) in [5.41, 5.74) is 0. The van der Waals surface area contributed by atoms with Gasteiger partial charge in [0.25, 0.3) is 0 Å². The Hall–Kier alpha value is -0.790. The molecule has 1 rings (SSSR count). The summed E-state index contributed by atoms with van der Waals surface area (Å²) in [6, 6.07) is 0. The maximum absolute atomic E-state index is 10.2. The molecule has 0 atom stereocenters. The molecule has 0 saturated heterocycles. The van der Waals surface area contributed by atoms with Crippen molar-refractivity contribution < 1.29 is 4.79 Å². The Kier molecular flexibility index (Phi) is 1.11. The van der Waals surface area contributed by atoms with Crippen LogP contribution in [-0.4, -0.2) is 12.5 Å². The summed E-state index contributed by atoms with van der Waals surface area (Å²) in [4.78, 5) is 10.2. The van der Waals surface area contributed by atoms with Crippen LogP contribution >= 0.6 is 0 Å². The van der Waals surface area contributed by atoms with Crippen molar-refractivity contribution in [1.29, 1.82) is 0 Å². The molecule has 2 nitrogen and oxygen atoms in total. The average molecular weight is 96.1 g/mol. The van der Waals surface area contributed by atoms with E-state index >= 15 is 0 Å². The number of hydrogen-bond donors (Lipinski definition) is 0.